The first-order valence-corrected chi connectivity index (χ1v) is 7.28. The minimum Gasteiger partial charge on any atom is -0.354 e. The Labute approximate surface area is 115 Å². The maximum atomic E-state index is 12.2. The zero-order valence-electron chi connectivity index (χ0n) is 10.5. The molecule has 3 rings (SSSR count). The number of nitrogens with one attached hydrogen (secondary N) is 3. The zero-order chi connectivity index (χ0) is 13.1. The van der Waals surface area contributed by atoms with Gasteiger partial charge in [-0.2, -0.15) is 0 Å². The Bertz CT molecular complexity index is 549. The number of imidazole rings is 1. The van der Waals surface area contributed by atoms with Crippen LogP contribution >= 0.6 is 11.3 Å². The topological polar surface area (TPSA) is 69.8 Å². The minimum absolute atomic E-state index is 0.00426. The Morgan fingerprint density at radius 1 is 1.58 bits per heavy atom. The number of fused-ring (bicyclic) bond motifs is 1. The van der Waals surface area contributed by atoms with E-state index in [1.807, 2.05) is 6.07 Å². The van der Waals surface area contributed by atoms with Crippen LogP contribution in [0.3, 0.4) is 0 Å². The standard InChI is InChI=1S/C13H16N4OS/c18-13(15-5-3-9-2-1-7-19-9)12-11-10(4-6-14-12)16-8-17-11/h1-2,7-8,12,14H,3-6H2,(H,15,18)(H,16,17)/t12-/m1/s1. The van der Waals surface area contributed by atoms with Gasteiger partial charge in [0.1, 0.15) is 6.04 Å². The minimum atomic E-state index is -0.321. The molecule has 0 spiro atoms. The molecule has 1 amide bonds. The number of aromatic nitrogens is 2. The molecular weight excluding hydrogens is 260 g/mol. The highest BCUT2D eigenvalue weighted by Gasteiger charge is 2.27. The highest BCUT2D eigenvalue weighted by atomic mass is 32.1. The second-order valence-corrected chi connectivity index (χ2v) is 5.56. The van der Waals surface area contributed by atoms with E-state index in [1.165, 1.54) is 4.88 Å². The number of nitrogens with zero attached hydrogens (tertiary/aromatic N) is 1. The van der Waals surface area contributed by atoms with E-state index in [-0.39, 0.29) is 11.9 Å². The van der Waals surface area contributed by atoms with Gasteiger partial charge in [-0.25, -0.2) is 4.98 Å². The van der Waals surface area contributed by atoms with Gasteiger partial charge in [0.05, 0.1) is 12.0 Å². The summed E-state index contributed by atoms with van der Waals surface area (Å²) in [5.41, 5.74) is 1.90. The van der Waals surface area contributed by atoms with E-state index in [1.54, 1.807) is 17.7 Å². The Hall–Kier alpha value is -1.66. The smallest absolute Gasteiger partial charge is 0.243 e. The van der Waals surface area contributed by atoms with E-state index in [2.05, 4.69) is 32.0 Å². The van der Waals surface area contributed by atoms with Crippen molar-refractivity contribution in [2.45, 2.75) is 18.9 Å². The number of carbonyl (C=O) groups is 1. The van der Waals surface area contributed by atoms with Crippen molar-refractivity contribution in [3.63, 3.8) is 0 Å². The third-order valence-electron chi connectivity index (χ3n) is 3.26. The Morgan fingerprint density at radius 3 is 3.37 bits per heavy atom. The van der Waals surface area contributed by atoms with Gasteiger partial charge in [0.15, 0.2) is 0 Å². The Morgan fingerprint density at radius 2 is 2.53 bits per heavy atom. The molecule has 2 aromatic heterocycles. The van der Waals surface area contributed by atoms with Crippen molar-refractivity contribution in [1.29, 1.82) is 0 Å². The summed E-state index contributed by atoms with van der Waals surface area (Å²) in [6.45, 7) is 1.47. The number of hydrogen-bond acceptors (Lipinski definition) is 4. The average molecular weight is 276 g/mol. The average Bonchev–Trinajstić information content (AvgIpc) is 3.08. The van der Waals surface area contributed by atoms with Crippen molar-refractivity contribution in [2.75, 3.05) is 13.1 Å². The second-order valence-electron chi connectivity index (χ2n) is 4.52. The molecule has 100 valence electrons. The number of thiophene rings is 1. The molecule has 6 heteroatoms. The third-order valence-corrected chi connectivity index (χ3v) is 4.20. The fourth-order valence-electron chi connectivity index (χ4n) is 2.30. The molecule has 3 heterocycles. The summed E-state index contributed by atoms with van der Waals surface area (Å²) in [6, 6.07) is 3.79. The molecule has 3 N–H and O–H groups in total. The van der Waals surface area contributed by atoms with Crippen LogP contribution < -0.4 is 10.6 Å². The van der Waals surface area contributed by atoms with Crippen molar-refractivity contribution in [3.8, 4) is 0 Å². The summed E-state index contributed by atoms with van der Waals surface area (Å²) in [5, 5.41) is 8.24. The zero-order valence-corrected chi connectivity index (χ0v) is 11.3. The maximum Gasteiger partial charge on any atom is 0.243 e. The van der Waals surface area contributed by atoms with Crippen LogP contribution in [0, 0.1) is 0 Å². The second kappa shape index (κ2) is 5.54. The fourth-order valence-corrected chi connectivity index (χ4v) is 3.01. The van der Waals surface area contributed by atoms with E-state index in [0.717, 1.165) is 30.8 Å². The summed E-state index contributed by atoms with van der Waals surface area (Å²) < 4.78 is 0. The Kier molecular flexibility index (Phi) is 3.61. The van der Waals surface area contributed by atoms with Crippen LogP contribution in [0.4, 0.5) is 0 Å². The highest BCUT2D eigenvalue weighted by Crippen LogP contribution is 2.19. The molecule has 1 aliphatic heterocycles. The molecule has 1 aliphatic rings. The van der Waals surface area contributed by atoms with Crippen LogP contribution in [-0.4, -0.2) is 29.0 Å². The summed E-state index contributed by atoms with van der Waals surface area (Å²) in [7, 11) is 0. The third kappa shape index (κ3) is 2.69. The van der Waals surface area contributed by atoms with Crippen molar-refractivity contribution in [1.82, 2.24) is 20.6 Å². The first-order valence-electron chi connectivity index (χ1n) is 6.40. The molecule has 19 heavy (non-hydrogen) atoms. The van der Waals surface area contributed by atoms with E-state index in [9.17, 15) is 4.79 Å². The van der Waals surface area contributed by atoms with Crippen molar-refractivity contribution < 1.29 is 4.79 Å². The number of rotatable bonds is 4. The van der Waals surface area contributed by atoms with Gasteiger partial charge < -0.3 is 15.6 Å². The largest absolute Gasteiger partial charge is 0.354 e. The van der Waals surface area contributed by atoms with Crippen LogP contribution in [0.1, 0.15) is 22.3 Å². The van der Waals surface area contributed by atoms with Crippen molar-refractivity contribution in [3.05, 3.63) is 40.1 Å². The monoisotopic (exact) mass is 276 g/mol. The molecule has 0 aromatic carbocycles. The van der Waals surface area contributed by atoms with Crippen LogP contribution in [0.2, 0.25) is 0 Å². The number of hydrogen-bond donors (Lipinski definition) is 3. The number of aromatic amines is 1. The van der Waals surface area contributed by atoms with Gasteiger partial charge in [0, 0.05) is 30.1 Å². The lowest BCUT2D eigenvalue weighted by molar-refractivity contribution is -0.123. The number of amides is 1. The summed E-state index contributed by atoms with van der Waals surface area (Å²) in [4.78, 5) is 20.8. The quantitative estimate of drug-likeness (QED) is 0.781. The number of H-pyrrole nitrogens is 1. The molecule has 2 aromatic rings. The molecule has 0 fully saturated rings. The molecule has 1 atom stereocenters. The van der Waals surface area contributed by atoms with Crippen LogP contribution in [-0.2, 0) is 17.6 Å². The molecular formula is C13H16N4OS. The lowest BCUT2D eigenvalue weighted by Crippen LogP contribution is -2.42. The number of carbonyl (C=O) groups excluding carboxylic acids is 1. The maximum absolute atomic E-state index is 12.2. The van der Waals surface area contributed by atoms with Crippen molar-refractivity contribution >= 4 is 17.2 Å². The van der Waals surface area contributed by atoms with Crippen LogP contribution in [0.25, 0.3) is 0 Å². The van der Waals surface area contributed by atoms with Crippen LogP contribution in [0.5, 0.6) is 0 Å². The molecule has 0 saturated carbocycles. The van der Waals surface area contributed by atoms with Gasteiger partial charge >= 0.3 is 0 Å². The first-order chi connectivity index (χ1) is 9.34. The van der Waals surface area contributed by atoms with Crippen LogP contribution in [0.15, 0.2) is 23.8 Å². The SMILES string of the molecule is O=C(NCCc1cccs1)[C@@H]1NCCc2[nH]cnc21. The fraction of sp³-hybridized carbons (Fsp3) is 0.385. The molecule has 0 aliphatic carbocycles. The highest BCUT2D eigenvalue weighted by molar-refractivity contribution is 7.09. The van der Waals surface area contributed by atoms with Gasteiger partial charge in [-0.15, -0.1) is 11.3 Å². The van der Waals surface area contributed by atoms with E-state index in [4.69, 9.17) is 0 Å². The van der Waals surface area contributed by atoms with E-state index >= 15 is 0 Å². The summed E-state index contributed by atoms with van der Waals surface area (Å²) >= 11 is 1.72. The molecule has 0 saturated heterocycles. The van der Waals surface area contributed by atoms with Crippen molar-refractivity contribution in [2.24, 2.45) is 0 Å². The first kappa shape index (κ1) is 12.4. The molecule has 0 unspecified atom stereocenters. The predicted octanol–water partition coefficient (Wildman–Crippen LogP) is 1.02. The van der Waals surface area contributed by atoms with Gasteiger partial charge in [-0.3, -0.25) is 4.79 Å². The molecule has 5 nitrogen and oxygen atoms in total. The van der Waals surface area contributed by atoms with Gasteiger partial charge in [0.25, 0.3) is 0 Å². The molecule has 0 bridgehead atoms. The Balaban J connectivity index is 1.57. The lowest BCUT2D eigenvalue weighted by atomic mass is 10.1. The van der Waals surface area contributed by atoms with E-state index in [0.29, 0.717) is 6.54 Å². The summed E-state index contributed by atoms with van der Waals surface area (Å²) in [6.07, 6.45) is 3.43. The van der Waals surface area contributed by atoms with Gasteiger partial charge in [-0.1, -0.05) is 6.07 Å². The van der Waals surface area contributed by atoms with Gasteiger partial charge in [-0.05, 0) is 17.9 Å². The van der Waals surface area contributed by atoms with E-state index < -0.39 is 0 Å². The lowest BCUT2D eigenvalue weighted by Gasteiger charge is -2.22. The normalized spacial score (nSPS) is 18.0. The predicted molar refractivity (Wildman–Crippen MR) is 74.1 cm³/mol. The molecule has 0 radical (unpaired) electrons. The van der Waals surface area contributed by atoms with Gasteiger partial charge in [0.2, 0.25) is 5.91 Å². The summed E-state index contributed by atoms with van der Waals surface area (Å²) in [5.74, 6) is 0.00426.